The van der Waals surface area contributed by atoms with E-state index in [0.29, 0.717) is 30.8 Å². The molecule has 0 bridgehead atoms. The molecule has 2 aromatic rings. The summed E-state index contributed by atoms with van der Waals surface area (Å²) in [6, 6.07) is 3.14. The van der Waals surface area contributed by atoms with Gasteiger partial charge in [-0.1, -0.05) is 31.3 Å². The summed E-state index contributed by atoms with van der Waals surface area (Å²) in [6.45, 7) is 3.72. The number of hydrogen-bond donors (Lipinski definition) is 3. The van der Waals surface area contributed by atoms with Gasteiger partial charge in [-0.15, -0.1) is 0 Å². The monoisotopic (exact) mass is 472 g/mol. The first-order valence-corrected chi connectivity index (χ1v) is 12.5. The van der Waals surface area contributed by atoms with Gasteiger partial charge in [0, 0.05) is 12.1 Å². The molecule has 0 atom stereocenters. The lowest BCUT2D eigenvalue weighted by molar-refractivity contribution is 0.103. The molecule has 7 nitrogen and oxygen atoms in total. The van der Waals surface area contributed by atoms with Gasteiger partial charge < -0.3 is 11.1 Å². The van der Waals surface area contributed by atoms with Crippen molar-refractivity contribution < 1.29 is 22.0 Å². The van der Waals surface area contributed by atoms with Crippen LogP contribution < -0.4 is 15.8 Å². The minimum atomic E-state index is -3.30. The number of carbonyl (C=O) groups is 1. The molecule has 0 aliphatic heterocycles. The van der Waals surface area contributed by atoms with Gasteiger partial charge in [0.25, 0.3) is 0 Å². The van der Waals surface area contributed by atoms with Crippen LogP contribution in [0.3, 0.4) is 0 Å². The van der Waals surface area contributed by atoms with E-state index in [4.69, 9.17) is 5.73 Å². The van der Waals surface area contributed by atoms with Gasteiger partial charge >= 0.3 is 0 Å². The Morgan fingerprint density at radius 1 is 1.19 bits per heavy atom. The second-order valence-corrected chi connectivity index (χ2v) is 10.9. The maximum atomic E-state index is 13.9. The number of nitrogens with zero attached hydrogens (tertiary/aromatic N) is 1. The van der Waals surface area contributed by atoms with Crippen LogP contribution in [-0.2, 0) is 10.0 Å². The maximum Gasteiger partial charge on any atom is 0.212 e. The van der Waals surface area contributed by atoms with Crippen LogP contribution in [0.2, 0.25) is 0 Å². The number of thiazole rings is 1. The number of benzene rings is 1. The predicted molar refractivity (Wildman–Crippen MR) is 118 cm³/mol. The molecule has 4 N–H and O–H groups in total. The molecule has 0 unspecified atom stereocenters. The van der Waals surface area contributed by atoms with E-state index < -0.39 is 33.0 Å². The van der Waals surface area contributed by atoms with Gasteiger partial charge in [-0.2, -0.15) is 0 Å². The SMILES string of the molecule is CC(C)CS(=O)(=O)NC1CCC(Nc2nc(N)c(C(=O)c3c(F)cccc3F)s2)CC1. The lowest BCUT2D eigenvalue weighted by atomic mass is 9.92. The van der Waals surface area contributed by atoms with Gasteiger partial charge in [0.1, 0.15) is 22.3 Å². The van der Waals surface area contributed by atoms with Crippen molar-refractivity contribution in [3.8, 4) is 0 Å². The third-order valence-electron chi connectivity index (χ3n) is 5.00. The summed E-state index contributed by atoms with van der Waals surface area (Å²) in [6.07, 6.45) is 2.75. The zero-order valence-electron chi connectivity index (χ0n) is 17.3. The number of halogens is 2. The van der Waals surface area contributed by atoms with Crippen molar-refractivity contribution in [2.45, 2.75) is 51.6 Å². The van der Waals surface area contributed by atoms with Crippen LogP contribution in [0.4, 0.5) is 19.7 Å². The maximum absolute atomic E-state index is 13.9. The number of rotatable bonds is 8. The summed E-state index contributed by atoms with van der Waals surface area (Å²) in [7, 11) is -3.30. The van der Waals surface area contributed by atoms with Crippen LogP contribution in [0, 0.1) is 17.6 Å². The molecule has 1 aromatic carbocycles. The average Bonchev–Trinajstić information content (AvgIpc) is 3.02. The normalized spacial score (nSPS) is 19.5. The van der Waals surface area contributed by atoms with Crippen molar-refractivity contribution in [1.82, 2.24) is 9.71 Å². The fourth-order valence-corrected chi connectivity index (χ4v) is 6.28. The Kier molecular flexibility index (Phi) is 7.28. The minimum Gasteiger partial charge on any atom is -0.382 e. The van der Waals surface area contributed by atoms with Crippen molar-refractivity contribution in [2.24, 2.45) is 5.92 Å². The number of nitrogens with one attached hydrogen (secondary N) is 2. The first-order valence-electron chi connectivity index (χ1n) is 10.1. The highest BCUT2D eigenvalue weighted by atomic mass is 32.2. The molecule has 31 heavy (non-hydrogen) atoms. The quantitative estimate of drug-likeness (QED) is 0.507. The fourth-order valence-electron chi connectivity index (χ4n) is 3.66. The number of anilines is 2. The van der Waals surface area contributed by atoms with Crippen molar-refractivity contribution in [1.29, 1.82) is 0 Å². The van der Waals surface area contributed by atoms with E-state index in [-0.39, 0.29) is 34.4 Å². The molecule has 1 heterocycles. The number of ketones is 1. The Morgan fingerprint density at radius 2 is 1.77 bits per heavy atom. The Balaban J connectivity index is 1.61. The van der Waals surface area contributed by atoms with Crippen molar-refractivity contribution in [3.05, 3.63) is 40.3 Å². The van der Waals surface area contributed by atoms with Crippen LogP contribution in [0.1, 0.15) is 54.8 Å². The average molecular weight is 473 g/mol. The number of hydrogen-bond acceptors (Lipinski definition) is 7. The summed E-state index contributed by atoms with van der Waals surface area (Å²) < 4.78 is 54.9. The van der Waals surface area contributed by atoms with E-state index in [1.54, 1.807) is 0 Å². The van der Waals surface area contributed by atoms with E-state index in [9.17, 15) is 22.0 Å². The predicted octanol–water partition coefficient (Wildman–Crippen LogP) is 3.53. The lowest BCUT2D eigenvalue weighted by Gasteiger charge is -2.29. The molecule has 3 rings (SSSR count). The molecule has 1 fully saturated rings. The highest BCUT2D eigenvalue weighted by molar-refractivity contribution is 7.89. The molecule has 0 amide bonds. The molecule has 1 aromatic heterocycles. The number of sulfonamides is 1. The van der Waals surface area contributed by atoms with E-state index in [2.05, 4.69) is 15.0 Å². The van der Waals surface area contributed by atoms with Crippen LogP contribution in [0.5, 0.6) is 0 Å². The molecule has 11 heteroatoms. The highest BCUT2D eigenvalue weighted by Gasteiger charge is 2.27. The smallest absolute Gasteiger partial charge is 0.212 e. The molecular weight excluding hydrogens is 446 g/mol. The van der Waals surface area contributed by atoms with Crippen molar-refractivity contribution in [2.75, 3.05) is 16.8 Å². The first-order chi connectivity index (χ1) is 14.6. The summed E-state index contributed by atoms with van der Waals surface area (Å²) >= 11 is 0.950. The van der Waals surface area contributed by atoms with E-state index >= 15 is 0 Å². The van der Waals surface area contributed by atoms with E-state index in [1.165, 1.54) is 6.07 Å². The molecule has 0 radical (unpaired) electrons. The van der Waals surface area contributed by atoms with Crippen LogP contribution >= 0.6 is 11.3 Å². The summed E-state index contributed by atoms with van der Waals surface area (Å²) in [5.74, 6) is -2.68. The third kappa shape index (κ3) is 5.98. The molecule has 0 spiro atoms. The van der Waals surface area contributed by atoms with Gasteiger partial charge in [-0.3, -0.25) is 4.79 Å². The van der Waals surface area contributed by atoms with Crippen molar-refractivity contribution in [3.63, 3.8) is 0 Å². The number of nitrogens with two attached hydrogens (primary N) is 1. The summed E-state index contributed by atoms with van der Waals surface area (Å²) in [4.78, 5) is 16.7. The second-order valence-electron chi connectivity index (χ2n) is 8.15. The van der Waals surface area contributed by atoms with Gasteiger partial charge in [0.2, 0.25) is 15.8 Å². The number of carbonyl (C=O) groups excluding carboxylic acids is 1. The molecule has 1 aliphatic carbocycles. The van der Waals surface area contributed by atoms with Gasteiger partial charge in [0.15, 0.2) is 5.13 Å². The van der Waals surface area contributed by atoms with Crippen LogP contribution in [0.25, 0.3) is 0 Å². The summed E-state index contributed by atoms with van der Waals surface area (Å²) in [5, 5.41) is 3.59. The Labute approximate surface area is 184 Å². The highest BCUT2D eigenvalue weighted by Crippen LogP contribution is 2.31. The van der Waals surface area contributed by atoms with E-state index in [0.717, 1.165) is 23.5 Å². The second kappa shape index (κ2) is 9.58. The number of aromatic nitrogens is 1. The topological polar surface area (TPSA) is 114 Å². The lowest BCUT2D eigenvalue weighted by Crippen LogP contribution is -2.41. The fraction of sp³-hybridized carbons (Fsp3) is 0.500. The van der Waals surface area contributed by atoms with Crippen LogP contribution in [0.15, 0.2) is 18.2 Å². The molecule has 170 valence electrons. The Bertz CT molecular complexity index is 1030. The number of nitrogen functional groups attached to an aromatic ring is 1. The third-order valence-corrected chi connectivity index (χ3v) is 7.80. The van der Waals surface area contributed by atoms with Gasteiger partial charge in [-0.05, 0) is 43.7 Å². The Morgan fingerprint density at radius 3 is 2.35 bits per heavy atom. The Hall–Kier alpha value is -2.11. The largest absolute Gasteiger partial charge is 0.382 e. The zero-order chi connectivity index (χ0) is 22.8. The minimum absolute atomic E-state index is 0.0263. The standard InChI is InChI=1S/C20H26F2N4O3S2/c1-11(2)10-31(28,29)26-13-8-6-12(7-9-13)24-20-25-19(23)18(30-20)17(27)16-14(21)4-3-5-15(16)22/h3-5,11-13,26H,6-10,23H2,1-2H3,(H,24,25). The summed E-state index contributed by atoms with van der Waals surface area (Å²) in [5.41, 5.74) is 5.18. The molecule has 1 aliphatic rings. The van der Waals surface area contributed by atoms with Crippen LogP contribution in [-0.4, -0.2) is 37.0 Å². The van der Waals surface area contributed by atoms with E-state index in [1.807, 2.05) is 13.8 Å². The zero-order valence-corrected chi connectivity index (χ0v) is 19.0. The molecular formula is C20H26F2N4O3S2. The van der Waals surface area contributed by atoms with Gasteiger partial charge in [0.05, 0.1) is 11.3 Å². The van der Waals surface area contributed by atoms with Crippen molar-refractivity contribution >= 4 is 38.1 Å². The van der Waals surface area contributed by atoms with Gasteiger partial charge in [-0.25, -0.2) is 26.9 Å². The first kappa shape index (κ1) is 23.6. The molecule has 0 saturated heterocycles. The molecule has 1 saturated carbocycles.